The summed E-state index contributed by atoms with van der Waals surface area (Å²) in [4.78, 5) is 39.6. The number of nitrogen functional groups attached to an aromatic ring is 1. The van der Waals surface area contributed by atoms with Gasteiger partial charge in [0.15, 0.2) is 0 Å². The number of benzene rings is 3. The van der Waals surface area contributed by atoms with Gasteiger partial charge in [0, 0.05) is 22.5 Å². The summed E-state index contributed by atoms with van der Waals surface area (Å²) in [6, 6.07) is 17.9. The van der Waals surface area contributed by atoms with E-state index in [1.807, 2.05) is 6.07 Å². The van der Waals surface area contributed by atoms with Gasteiger partial charge < -0.3 is 21.2 Å². The van der Waals surface area contributed by atoms with Gasteiger partial charge in [0.05, 0.1) is 39.7 Å². The third-order valence-corrected chi connectivity index (χ3v) is 6.09. The number of anilines is 1. The maximum atomic E-state index is 13.4. The summed E-state index contributed by atoms with van der Waals surface area (Å²) >= 11 is 6.48. The number of primary amides is 1. The molecule has 0 fully saturated rings. The summed E-state index contributed by atoms with van der Waals surface area (Å²) in [7, 11) is 0. The Bertz CT molecular complexity index is 1810. The highest BCUT2D eigenvalue weighted by Crippen LogP contribution is 2.32. The fourth-order valence-electron chi connectivity index (χ4n) is 4.03. The van der Waals surface area contributed by atoms with Gasteiger partial charge in [-0.3, -0.25) is 14.4 Å². The van der Waals surface area contributed by atoms with Gasteiger partial charge in [0.25, 0.3) is 5.91 Å². The number of nitrogens with two attached hydrogens (primary N) is 2. The highest BCUT2D eigenvalue weighted by Gasteiger charge is 2.26. The predicted molar refractivity (Wildman–Crippen MR) is 139 cm³/mol. The standard InChI is InChI=1S/C27H16ClN6O4/c28-20-10-17(38-16-3-1-2-14(8-16)11-29)5-7-22(20)34-26(30)19(12-32-34)25(36)24-23(27(31)37)18-9-15(13-35)4-6-21(18)33-24/h1-10,12,33H,30H2,(H2,31,37). The van der Waals surface area contributed by atoms with Crippen LogP contribution in [0.5, 0.6) is 11.5 Å². The number of hydrogen-bond acceptors (Lipinski definition) is 7. The Hall–Kier alpha value is -5.40. The van der Waals surface area contributed by atoms with Crippen LogP contribution < -0.4 is 16.2 Å². The third kappa shape index (κ3) is 4.23. The van der Waals surface area contributed by atoms with Gasteiger partial charge in [-0.2, -0.15) is 10.4 Å². The minimum atomic E-state index is -0.854. The summed E-state index contributed by atoms with van der Waals surface area (Å²) < 4.78 is 7.06. The average molecular weight is 524 g/mol. The van der Waals surface area contributed by atoms with E-state index in [-0.39, 0.29) is 33.2 Å². The van der Waals surface area contributed by atoms with E-state index in [0.29, 0.717) is 33.7 Å². The van der Waals surface area contributed by atoms with E-state index in [1.54, 1.807) is 54.8 Å². The van der Waals surface area contributed by atoms with Gasteiger partial charge in [0.2, 0.25) is 12.1 Å². The van der Waals surface area contributed by atoms with Crippen LogP contribution in [0.2, 0.25) is 5.02 Å². The molecule has 38 heavy (non-hydrogen) atoms. The van der Waals surface area contributed by atoms with Crippen LogP contribution in [0.15, 0.2) is 66.9 Å². The summed E-state index contributed by atoms with van der Waals surface area (Å²) in [5, 5.41) is 13.8. The molecular weight excluding hydrogens is 508 g/mol. The third-order valence-electron chi connectivity index (χ3n) is 5.79. The number of amides is 1. The van der Waals surface area contributed by atoms with E-state index in [2.05, 4.69) is 10.1 Å². The molecule has 10 nitrogen and oxygen atoms in total. The molecule has 0 unspecified atom stereocenters. The lowest BCUT2D eigenvalue weighted by Crippen LogP contribution is -2.16. The van der Waals surface area contributed by atoms with Crippen molar-refractivity contribution in [1.29, 1.82) is 5.26 Å². The molecule has 0 aliphatic carbocycles. The SMILES string of the molecule is N#Cc1cccc(Oc2ccc(-n3ncc(C(=O)c4[nH]c5ccc([C]=O)cc5c4C(N)=O)c3N)c(Cl)c2)c1. The highest BCUT2D eigenvalue weighted by atomic mass is 35.5. The van der Waals surface area contributed by atoms with Gasteiger partial charge >= 0.3 is 0 Å². The Balaban J connectivity index is 1.49. The molecule has 3 aromatic carbocycles. The first-order chi connectivity index (χ1) is 18.3. The zero-order valence-electron chi connectivity index (χ0n) is 19.4. The van der Waals surface area contributed by atoms with Crippen molar-refractivity contribution in [3.05, 3.63) is 99.8 Å². The number of aromatic nitrogens is 3. The highest BCUT2D eigenvalue weighted by molar-refractivity contribution is 6.32. The Labute approximate surface area is 220 Å². The quantitative estimate of drug-likeness (QED) is 0.270. The molecule has 2 aromatic heterocycles. The van der Waals surface area contributed by atoms with Crippen molar-refractivity contribution >= 4 is 46.3 Å². The number of carbonyl (C=O) groups excluding carboxylic acids is 3. The minimum absolute atomic E-state index is 0.00550. The number of nitrogens with zero attached hydrogens (tertiary/aromatic N) is 3. The molecule has 0 spiro atoms. The van der Waals surface area contributed by atoms with Crippen molar-refractivity contribution in [3.8, 4) is 23.3 Å². The van der Waals surface area contributed by atoms with Gasteiger partial charge in [-0.15, -0.1) is 0 Å². The number of carbonyl (C=O) groups is 2. The Morgan fingerprint density at radius 2 is 1.84 bits per heavy atom. The Morgan fingerprint density at radius 3 is 2.55 bits per heavy atom. The number of nitrogens with one attached hydrogen (secondary N) is 1. The number of nitriles is 1. The van der Waals surface area contributed by atoms with Crippen LogP contribution >= 0.6 is 11.6 Å². The molecule has 185 valence electrons. The largest absolute Gasteiger partial charge is 0.457 e. The molecule has 5 aromatic rings. The molecule has 2 heterocycles. The maximum absolute atomic E-state index is 13.4. The molecule has 11 heteroatoms. The van der Waals surface area contributed by atoms with E-state index in [1.165, 1.54) is 23.0 Å². The van der Waals surface area contributed by atoms with Gasteiger partial charge in [-0.1, -0.05) is 17.7 Å². The second kappa shape index (κ2) is 9.57. The molecular formula is C27H16ClN6O4. The van der Waals surface area contributed by atoms with Gasteiger partial charge in [-0.05, 0) is 48.5 Å². The van der Waals surface area contributed by atoms with Crippen LogP contribution in [0, 0.1) is 11.3 Å². The fraction of sp³-hybridized carbons (Fsp3) is 0. The first-order valence-electron chi connectivity index (χ1n) is 11.0. The summed E-state index contributed by atoms with van der Waals surface area (Å²) in [5.74, 6) is -0.632. The Morgan fingerprint density at radius 1 is 1.05 bits per heavy atom. The minimum Gasteiger partial charge on any atom is -0.457 e. The van der Waals surface area contributed by atoms with Crippen molar-refractivity contribution in [2.75, 3.05) is 5.73 Å². The smallest absolute Gasteiger partial charge is 0.251 e. The number of aromatic amines is 1. The number of rotatable bonds is 7. The van der Waals surface area contributed by atoms with E-state index in [0.717, 1.165) is 0 Å². The summed E-state index contributed by atoms with van der Waals surface area (Å²) in [6.45, 7) is 0. The predicted octanol–water partition coefficient (Wildman–Crippen LogP) is 4.04. The van der Waals surface area contributed by atoms with Crippen molar-refractivity contribution < 1.29 is 19.1 Å². The summed E-state index contributed by atoms with van der Waals surface area (Å²) in [6.07, 6.45) is 3.00. The van der Waals surface area contributed by atoms with Crippen LogP contribution in [-0.2, 0) is 4.79 Å². The number of halogens is 1. The lowest BCUT2D eigenvalue weighted by molar-refractivity contribution is 0.0981. The number of fused-ring (bicyclic) bond motifs is 1. The number of hydrogen-bond donors (Lipinski definition) is 3. The fourth-order valence-corrected chi connectivity index (χ4v) is 4.28. The molecule has 0 saturated carbocycles. The maximum Gasteiger partial charge on any atom is 0.251 e. The molecule has 0 bridgehead atoms. The van der Waals surface area contributed by atoms with Crippen molar-refractivity contribution in [1.82, 2.24) is 14.8 Å². The van der Waals surface area contributed by atoms with E-state index in [4.69, 9.17) is 33.1 Å². The van der Waals surface area contributed by atoms with Crippen LogP contribution in [0.25, 0.3) is 16.6 Å². The van der Waals surface area contributed by atoms with Gasteiger partial charge in [0.1, 0.15) is 23.0 Å². The van der Waals surface area contributed by atoms with Crippen molar-refractivity contribution in [2.24, 2.45) is 5.73 Å². The summed E-state index contributed by atoms with van der Waals surface area (Å²) in [5.41, 5.74) is 13.1. The molecule has 0 aliphatic heterocycles. The zero-order valence-corrected chi connectivity index (χ0v) is 20.1. The molecule has 0 saturated heterocycles. The van der Waals surface area contributed by atoms with Crippen LogP contribution in [-0.4, -0.2) is 32.7 Å². The Kier molecular flexibility index (Phi) is 6.12. The average Bonchev–Trinajstić information content (AvgIpc) is 3.48. The first kappa shape index (κ1) is 24.3. The second-order valence-electron chi connectivity index (χ2n) is 8.14. The first-order valence-corrected chi connectivity index (χ1v) is 11.4. The molecule has 0 atom stereocenters. The molecule has 0 aliphatic rings. The molecule has 5 rings (SSSR count). The number of ketones is 1. The lowest BCUT2D eigenvalue weighted by atomic mass is 10.0. The van der Waals surface area contributed by atoms with Crippen molar-refractivity contribution in [2.45, 2.75) is 0 Å². The molecule has 1 amide bonds. The second-order valence-corrected chi connectivity index (χ2v) is 8.55. The van der Waals surface area contributed by atoms with Crippen LogP contribution in [0.1, 0.15) is 37.5 Å². The monoisotopic (exact) mass is 523 g/mol. The zero-order chi connectivity index (χ0) is 27.0. The topological polar surface area (TPSA) is 170 Å². The number of ether oxygens (including phenoxy) is 1. The normalized spacial score (nSPS) is 10.7. The van der Waals surface area contributed by atoms with Crippen LogP contribution in [0.4, 0.5) is 5.82 Å². The molecule has 5 N–H and O–H groups in total. The van der Waals surface area contributed by atoms with Gasteiger partial charge in [-0.25, -0.2) is 4.68 Å². The molecule has 1 radical (unpaired) electrons. The number of H-pyrrole nitrogens is 1. The van der Waals surface area contributed by atoms with E-state index in [9.17, 15) is 14.4 Å². The van der Waals surface area contributed by atoms with E-state index >= 15 is 0 Å². The van der Waals surface area contributed by atoms with E-state index < -0.39 is 11.7 Å². The van der Waals surface area contributed by atoms with Crippen molar-refractivity contribution in [3.63, 3.8) is 0 Å². The van der Waals surface area contributed by atoms with Crippen LogP contribution in [0.3, 0.4) is 0 Å². The lowest BCUT2D eigenvalue weighted by Gasteiger charge is -2.10.